The Balaban J connectivity index is 1.85. The van der Waals surface area contributed by atoms with Crippen molar-refractivity contribution in [3.63, 3.8) is 0 Å². The predicted octanol–water partition coefficient (Wildman–Crippen LogP) is 2.59. The molecule has 6 heteroatoms. The lowest BCUT2D eigenvalue weighted by molar-refractivity contribution is -0.00443. The molecule has 3 heterocycles. The molecule has 108 valence electrons. The van der Waals surface area contributed by atoms with Gasteiger partial charge in [-0.25, -0.2) is 15.0 Å². The van der Waals surface area contributed by atoms with E-state index in [-0.39, 0.29) is 6.23 Å². The molecule has 1 saturated heterocycles. The molecule has 0 aliphatic carbocycles. The van der Waals surface area contributed by atoms with Crippen molar-refractivity contribution >= 4 is 17.0 Å². The molecule has 2 aromatic rings. The first-order chi connectivity index (χ1) is 9.69. The van der Waals surface area contributed by atoms with E-state index in [9.17, 15) is 0 Å². The van der Waals surface area contributed by atoms with E-state index in [1.807, 2.05) is 17.9 Å². The van der Waals surface area contributed by atoms with Gasteiger partial charge in [-0.2, -0.15) is 0 Å². The van der Waals surface area contributed by atoms with E-state index in [1.54, 1.807) is 6.33 Å². The summed E-state index contributed by atoms with van der Waals surface area (Å²) in [5.74, 6) is 1.42. The average Bonchev–Trinajstić information content (AvgIpc) is 3.03. The van der Waals surface area contributed by atoms with Crippen LogP contribution in [0.4, 0.5) is 5.82 Å². The molecular formula is C14H21N5O. The number of aromatic nitrogens is 4. The van der Waals surface area contributed by atoms with E-state index in [0.29, 0.717) is 12.0 Å². The number of anilines is 1. The molecule has 0 bridgehead atoms. The fourth-order valence-corrected chi connectivity index (χ4v) is 2.84. The van der Waals surface area contributed by atoms with E-state index in [2.05, 4.69) is 34.1 Å². The third-order valence-electron chi connectivity index (χ3n) is 3.73. The van der Waals surface area contributed by atoms with Crippen molar-refractivity contribution in [3.8, 4) is 0 Å². The smallest absolute Gasteiger partial charge is 0.167 e. The van der Waals surface area contributed by atoms with Crippen LogP contribution in [0.25, 0.3) is 11.2 Å². The molecule has 6 nitrogen and oxygen atoms in total. The Kier molecular flexibility index (Phi) is 3.56. The zero-order valence-electron chi connectivity index (χ0n) is 12.2. The summed E-state index contributed by atoms with van der Waals surface area (Å²) in [5, 5.41) is 3.04. The zero-order valence-corrected chi connectivity index (χ0v) is 12.2. The van der Waals surface area contributed by atoms with Crippen molar-refractivity contribution in [3.05, 3.63) is 12.7 Å². The molecule has 0 aromatic carbocycles. The minimum absolute atomic E-state index is 0.0448. The van der Waals surface area contributed by atoms with Gasteiger partial charge in [-0.15, -0.1) is 0 Å². The van der Waals surface area contributed by atoms with Gasteiger partial charge in [-0.1, -0.05) is 13.8 Å². The minimum atomic E-state index is 0.0448. The van der Waals surface area contributed by atoms with Crippen molar-refractivity contribution in [2.24, 2.45) is 5.92 Å². The van der Waals surface area contributed by atoms with Crippen LogP contribution in [0.15, 0.2) is 12.7 Å². The van der Waals surface area contributed by atoms with Crippen molar-refractivity contribution in [1.82, 2.24) is 19.5 Å². The third kappa shape index (κ3) is 2.35. The van der Waals surface area contributed by atoms with Crippen LogP contribution in [-0.4, -0.2) is 32.7 Å². The first kappa shape index (κ1) is 13.3. The molecule has 2 aromatic heterocycles. The van der Waals surface area contributed by atoms with Gasteiger partial charge in [0.05, 0.1) is 12.4 Å². The normalized spacial score (nSPS) is 22.8. The van der Waals surface area contributed by atoms with Gasteiger partial charge >= 0.3 is 0 Å². The van der Waals surface area contributed by atoms with Crippen LogP contribution in [0, 0.1) is 5.92 Å². The first-order valence-electron chi connectivity index (χ1n) is 7.19. The molecule has 1 unspecified atom stereocenters. The highest BCUT2D eigenvalue weighted by Gasteiger charge is 2.28. The summed E-state index contributed by atoms with van der Waals surface area (Å²) in [6, 6.07) is 0. The Morgan fingerprint density at radius 2 is 2.20 bits per heavy atom. The molecule has 0 radical (unpaired) electrons. The number of fused-ring (bicyclic) bond motifs is 1. The number of ether oxygens (including phenoxy) is 1. The van der Waals surface area contributed by atoms with Gasteiger partial charge in [-0.05, 0) is 25.2 Å². The number of rotatable bonds is 4. The van der Waals surface area contributed by atoms with E-state index in [0.717, 1.165) is 36.2 Å². The summed E-state index contributed by atoms with van der Waals surface area (Å²) in [4.78, 5) is 12.9. The maximum atomic E-state index is 6.14. The summed E-state index contributed by atoms with van der Waals surface area (Å²) in [7, 11) is 1.84. The average molecular weight is 275 g/mol. The molecule has 0 saturated carbocycles. The van der Waals surface area contributed by atoms with Gasteiger partial charge in [0.1, 0.15) is 18.1 Å². The molecule has 1 fully saturated rings. The first-order valence-corrected chi connectivity index (χ1v) is 7.19. The zero-order chi connectivity index (χ0) is 14.1. The van der Waals surface area contributed by atoms with Gasteiger partial charge < -0.3 is 10.1 Å². The van der Waals surface area contributed by atoms with E-state index in [4.69, 9.17) is 4.74 Å². The Labute approximate surface area is 118 Å². The minimum Gasteiger partial charge on any atom is -0.371 e. The topological polar surface area (TPSA) is 64.9 Å². The SMILES string of the molecule is CNc1ncnc2c1ncn2C1CC[C@@H](CC(C)C)O1. The van der Waals surface area contributed by atoms with Crippen LogP contribution in [-0.2, 0) is 4.74 Å². The molecule has 1 aliphatic rings. The van der Waals surface area contributed by atoms with Gasteiger partial charge in [0.25, 0.3) is 0 Å². The fourth-order valence-electron chi connectivity index (χ4n) is 2.84. The lowest BCUT2D eigenvalue weighted by atomic mass is 10.0. The molecule has 1 N–H and O–H groups in total. The molecule has 3 rings (SSSR count). The lowest BCUT2D eigenvalue weighted by Gasteiger charge is -2.16. The highest BCUT2D eigenvalue weighted by atomic mass is 16.5. The van der Waals surface area contributed by atoms with Crippen molar-refractivity contribution in [1.29, 1.82) is 0 Å². The molecule has 20 heavy (non-hydrogen) atoms. The van der Waals surface area contributed by atoms with Gasteiger partial charge in [0, 0.05) is 7.05 Å². The second kappa shape index (κ2) is 5.36. The largest absolute Gasteiger partial charge is 0.371 e. The maximum Gasteiger partial charge on any atom is 0.167 e. The van der Waals surface area contributed by atoms with E-state index < -0.39 is 0 Å². The van der Waals surface area contributed by atoms with Crippen LogP contribution in [0.3, 0.4) is 0 Å². The maximum absolute atomic E-state index is 6.14. The van der Waals surface area contributed by atoms with Crippen molar-refractivity contribution < 1.29 is 4.74 Å². The Bertz CT molecular complexity index is 594. The van der Waals surface area contributed by atoms with Crippen LogP contribution in [0.1, 0.15) is 39.3 Å². The summed E-state index contributed by atoms with van der Waals surface area (Å²) in [6.07, 6.45) is 7.00. The highest BCUT2D eigenvalue weighted by molar-refractivity contribution is 5.82. The molecule has 2 atom stereocenters. The summed E-state index contributed by atoms with van der Waals surface area (Å²) < 4.78 is 8.17. The highest BCUT2D eigenvalue weighted by Crippen LogP contribution is 2.33. The summed E-state index contributed by atoms with van der Waals surface area (Å²) in [6.45, 7) is 4.46. The standard InChI is InChI=1S/C14H21N5O/c1-9(2)6-10-4-5-11(20-10)19-8-18-12-13(15-3)16-7-17-14(12)19/h7-11H,4-6H2,1-3H3,(H,15,16,17)/t10-,11?/m0/s1. The summed E-state index contributed by atoms with van der Waals surface area (Å²) >= 11 is 0. The molecular weight excluding hydrogens is 254 g/mol. The van der Waals surface area contributed by atoms with Gasteiger partial charge in [-0.3, -0.25) is 4.57 Å². The quantitative estimate of drug-likeness (QED) is 0.929. The number of hydrogen-bond acceptors (Lipinski definition) is 5. The lowest BCUT2D eigenvalue weighted by Crippen LogP contribution is -2.13. The number of imidazole rings is 1. The summed E-state index contributed by atoms with van der Waals surface area (Å²) in [5.41, 5.74) is 1.63. The van der Waals surface area contributed by atoms with Gasteiger partial charge in [0.15, 0.2) is 11.5 Å². The second-order valence-corrected chi connectivity index (χ2v) is 5.72. The van der Waals surface area contributed by atoms with Crippen LogP contribution in [0.2, 0.25) is 0 Å². The molecule has 1 aliphatic heterocycles. The number of hydrogen-bond donors (Lipinski definition) is 1. The number of nitrogens with one attached hydrogen (secondary N) is 1. The van der Waals surface area contributed by atoms with E-state index >= 15 is 0 Å². The third-order valence-corrected chi connectivity index (χ3v) is 3.73. The van der Waals surface area contributed by atoms with E-state index in [1.165, 1.54) is 0 Å². The van der Waals surface area contributed by atoms with Crippen molar-refractivity contribution in [2.75, 3.05) is 12.4 Å². The van der Waals surface area contributed by atoms with Crippen molar-refractivity contribution in [2.45, 2.75) is 45.4 Å². The molecule has 0 spiro atoms. The van der Waals surface area contributed by atoms with Crippen LogP contribution >= 0.6 is 0 Å². The van der Waals surface area contributed by atoms with Crippen LogP contribution < -0.4 is 5.32 Å². The second-order valence-electron chi connectivity index (χ2n) is 5.72. The van der Waals surface area contributed by atoms with Gasteiger partial charge in [0.2, 0.25) is 0 Å². The fraction of sp³-hybridized carbons (Fsp3) is 0.643. The number of nitrogens with zero attached hydrogens (tertiary/aromatic N) is 4. The van der Waals surface area contributed by atoms with Crippen LogP contribution in [0.5, 0.6) is 0 Å². The Hall–Kier alpha value is -1.69. The Morgan fingerprint density at radius 3 is 2.95 bits per heavy atom. The monoisotopic (exact) mass is 275 g/mol. The predicted molar refractivity (Wildman–Crippen MR) is 77.5 cm³/mol. The Morgan fingerprint density at radius 1 is 1.35 bits per heavy atom. The molecule has 0 amide bonds.